The maximum absolute atomic E-state index is 6.02. The molecule has 0 aliphatic carbocycles. The van der Waals surface area contributed by atoms with E-state index < -0.39 is 0 Å². The van der Waals surface area contributed by atoms with Crippen LogP contribution in [0, 0.1) is 0 Å². The summed E-state index contributed by atoms with van der Waals surface area (Å²) < 4.78 is 0. The monoisotopic (exact) mass is 180 g/mol. The molecule has 1 aliphatic rings. The maximum Gasteiger partial charge on any atom is 0.0359 e. The molecule has 0 bridgehead atoms. The average Bonchev–Trinajstić information content (AvgIpc) is 2.13. The molecular formula is C11H20N2. The minimum absolute atomic E-state index is 0.212. The van der Waals surface area contributed by atoms with Crippen molar-refractivity contribution in [3.05, 3.63) is 22.9 Å². The van der Waals surface area contributed by atoms with Crippen LogP contribution in [-0.4, -0.2) is 24.5 Å². The van der Waals surface area contributed by atoms with Gasteiger partial charge in [0.25, 0.3) is 0 Å². The number of allylic oxidation sites excluding steroid dienone is 1. The van der Waals surface area contributed by atoms with Crippen LogP contribution in [0.15, 0.2) is 22.9 Å². The minimum Gasteiger partial charge on any atom is -0.374 e. The second kappa shape index (κ2) is 3.97. The third kappa shape index (κ3) is 1.94. The highest BCUT2D eigenvalue weighted by atomic mass is 15.1. The molecule has 2 nitrogen and oxygen atoms in total. The zero-order valence-electron chi connectivity index (χ0n) is 9.09. The SMILES string of the molecule is CCC(N)C1=CCN(C)C(C)=C1C. The number of hydrogen-bond acceptors (Lipinski definition) is 2. The molecule has 1 aliphatic heterocycles. The Bertz CT molecular complexity index is 251. The van der Waals surface area contributed by atoms with E-state index in [2.05, 4.69) is 38.8 Å². The van der Waals surface area contributed by atoms with E-state index in [0.29, 0.717) is 0 Å². The summed E-state index contributed by atoms with van der Waals surface area (Å²) in [5, 5.41) is 0. The molecule has 1 unspecified atom stereocenters. The van der Waals surface area contributed by atoms with E-state index in [1.807, 2.05) is 0 Å². The smallest absolute Gasteiger partial charge is 0.0359 e. The van der Waals surface area contributed by atoms with Crippen molar-refractivity contribution in [3.8, 4) is 0 Å². The number of rotatable bonds is 2. The van der Waals surface area contributed by atoms with Crippen molar-refractivity contribution in [2.75, 3.05) is 13.6 Å². The summed E-state index contributed by atoms with van der Waals surface area (Å²) >= 11 is 0. The summed E-state index contributed by atoms with van der Waals surface area (Å²) in [6.45, 7) is 7.44. The van der Waals surface area contributed by atoms with E-state index in [4.69, 9.17) is 5.73 Å². The van der Waals surface area contributed by atoms with Crippen LogP contribution < -0.4 is 5.73 Å². The van der Waals surface area contributed by atoms with E-state index in [9.17, 15) is 0 Å². The topological polar surface area (TPSA) is 29.3 Å². The summed E-state index contributed by atoms with van der Waals surface area (Å²) in [6, 6.07) is 0.212. The highest BCUT2D eigenvalue weighted by molar-refractivity contribution is 5.39. The van der Waals surface area contributed by atoms with E-state index >= 15 is 0 Å². The largest absolute Gasteiger partial charge is 0.374 e. The average molecular weight is 180 g/mol. The van der Waals surface area contributed by atoms with Crippen molar-refractivity contribution < 1.29 is 0 Å². The first-order valence-corrected chi connectivity index (χ1v) is 4.92. The Kier molecular flexibility index (Phi) is 3.15. The van der Waals surface area contributed by atoms with E-state index in [1.165, 1.54) is 16.8 Å². The summed E-state index contributed by atoms with van der Waals surface area (Å²) in [7, 11) is 2.11. The van der Waals surface area contributed by atoms with Gasteiger partial charge in [-0.15, -0.1) is 0 Å². The predicted molar refractivity (Wildman–Crippen MR) is 57.4 cm³/mol. The van der Waals surface area contributed by atoms with Gasteiger partial charge in [0.2, 0.25) is 0 Å². The van der Waals surface area contributed by atoms with Crippen LogP contribution in [0.1, 0.15) is 27.2 Å². The van der Waals surface area contributed by atoms with Crippen LogP contribution >= 0.6 is 0 Å². The molecule has 0 amide bonds. The first-order valence-electron chi connectivity index (χ1n) is 4.92. The number of nitrogens with zero attached hydrogens (tertiary/aromatic N) is 1. The summed E-state index contributed by atoms with van der Waals surface area (Å²) in [6.07, 6.45) is 3.26. The third-order valence-electron chi connectivity index (χ3n) is 2.97. The van der Waals surface area contributed by atoms with Crippen molar-refractivity contribution in [2.24, 2.45) is 5.73 Å². The lowest BCUT2D eigenvalue weighted by Gasteiger charge is -2.29. The first-order chi connectivity index (χ1) is 6.07. The Morgan fingerprint density at radius 2 is 2.15 bits per heavy atom. The summed E-state index contributed by atoms with van der Waals surface area (Å²) in [4.78, 5) is 2.25. The van der Waals surface area contributed by atoms with Gasteiger partial charge in [-0.25, -0.2) is 0 Å². The second-order valence-corrected chi connectivity index (χ2v) is 3.77. The molecule has 1 heterocycles. The minimum atomic E-state index is 0.212. The molecule has 0 fully saturated rings. The van der Waals surface area contributed by atoms with Crippen LogP contribution in [0.25, 0.3) is 0 Å². The van der Waals surface area contributed by atoms with E-state index in [-0.39, 0.29) is 6.04 Å². The van der Waals surface area contributed by atoms with Crippen molar-refractivity contribution in [1.29, 1.82) is 0 Å². The molecule has 0 spiro atoms. The maximum atomic E-state index is 6.02. The van der Waals surface area contributed by atoms with E-state index in [0.717, 1.165) is 13.0 Å². The molecule has 2 heteroatoms. The fourth-order valence-electron chi connectivity index (χ4n) is 1.67. The molecule has 1 rings (SSSR count). The molecule has 0 aromatic heterocycles. The van der Waals surface area contributed by atoms with Gasteiger partial charge in [0.15, 0.2) is 0 Å². The van der Waals surface area contributed by atoms with Crippen LogP contribution in [0.2, 0.25) is 0 Å². The van der Waals surface area contributed by atoms with Gasteiger partial charge in [-0.1, -0.05) is 13.0 Å². The highest BCUT2D eigenvalue weighted by Crippen LogP contribution is 2.24. The van der Waals surface area contributed by atoms with Gasteiger partial charge in [0.1, 0.15) is 0 Å². The van der Waals surface area contributed by atoms with Crippen molar-refractivity contribution in [1.82, 2.24) is 4.90 Å². The highest BCUT2D eigenvalue weighted by Gasteiger charge is 2.16. The standard InChI is InChI=1S/C11H20N2/c1-5-11(12)10-6-7-13(4)9(3)8(10)2/h6,11H,5,7,12H2,1-4H3. The predicted octanol–water partition coefficient (Wildman–Crippen LogP) is 1.89. The zero-order chi connectivity index (χ0) is 10.0. The van der Waals surface area contributed by atoms with Gasteiger partial charge in [-0.2, -0.15) is 0 Å². The molecule has 0 saturated carbocycles. The van der Waals surface area contributed by atoms with Crippen LogP contribution in [-0.2, 0) is 0 Å². The Morgan fingerprint density at radius 3 is 2.69 bits per heavy atom. The zero-order valence-corrected chi connectivity index (χ0v) is 9.09. The molecule has 1 atom stereocenters. The molecule has 0 saturated heterocycles. The Balaban J connectivity index is 2.90. The van der Waals surface area contributed by atoms with Crippen LogP contribution in [0.4, 0.5) is 0 Å². The van der Waals surface area contributed by atoms with Gasteiger partial charge in [0.05, 0.1) is 0 Å². The van der Waals surface area contributed by atoms with Crippen LogP contribution in [0.3, 0.4) is 0 Å². The first kappa shape index (κ1) is 10.3. The van der Waals surface area contributed by atoms with E-state index in [1.54, 1.807) is 0 Å². The molecule has 0 radical (unpaired) electrons. The second-order valence-electron chi connectivity index (χ2n) is 3.77. The molecular weight excluding hydrogens is 160 g/mol. The Hall–Kier alpha value is -0.760. The third-order valence-corrected chi connectivity index (χ3v) is 2.97. The summed E-state index contributed by atoms with van der Waals surface area (Å²) in [5.74, 6) is 0. The Morgan fingerprint density at radius 1 is 1.54 bits per heavy atom. The van der Waals surface area contributed by atoms with Gasteiger partial charge in [-0.3, -0.25) is 0 Å². The lowest BCUT2D eigenvalue weighted by Crippen LogP contribution is -2.29. The molecule has 0 aromatic rings. The summed E-state index contributed by atoms with van der Waals surface area (Å²) in [5.41, 5.74) is 10.1. The lowest BCUT2D eigenvalue weighted by molar-refractivity contribution is 0.448. The Labute approximate surface area is 81.1 Å². The number of hydrogen-bond donors (Lipinski definition) is 1. The fraction of sp³-hybridized carbons (Fsp3) is 0.636. The molecule has 74 valence electrons. The van der Waals surface area contributed by atoms with Gasteiger partial charge < -0.3 is 10.6 Å². The van der Waals surface area contributed by atoms with Crippen molar-refractivity contribution >= 4 is 0 Å². The molecule has 2 N–H and O–H groups in total. The van der Waals surface area contributed by atoms with Crippen molar-refractivity contribution in [2.45, 2.75) is 33.2 Å². The number of nitrogens with two attached hydrogens (primary N) is 1. The van der Waals surface area contributed by atoms with Gasteiger partial charge >= 0.3 is 0 Å². The van der Waals surface area contributed by atoms with Gasteiger partial charge in [-0.05, 0) is 31.4 Å². The number of likely N-dealkylation sites (N-methyl/N-ethyl adjacent to an activating group) is 1. The van der Waals surface area contributed by atoms with Crippen molar-refractivity contribution in [3.63, 3.8) is 0 Å². The fourth-order valence-corrected chi connectivity index (χ4v) is 1.67. The van der Waals surface area contributed by atoms with Crippen LogP contribution in [0.5, 0.6) is 0 Å². The quantitative estimate of drug-likeness (QED) is 0.703. The lowest BCUT2D eigenvalue weighted by atomic mass is 9.94. The molecule has 0 aromatic carbocycles. The molecule has 13 heavy (non-hydrogen) atoms. The normalized spacial score (nSPS) is 20.4. The van der Waals surface area contributed by atoms with Gasteiger partial charge in [0, 0.05) is 25.3 Å².